The maximum Gasteiger partial charge on any atom is 0.433 e. The van der Waals surface area contributed by atoms with E-state index in [1.807, 2.05) is 0 Å². The zero-order chi connectivity index (χ0) is 14.8. The SMILES string of the molecule is O=C(O)C[C@H]1CCCCC1c1ccc(C(F)(F)F)nc1. The van der Waals surface area contributed by atoms with E-state index in [4.69, 9.17) is 5.11 Å². The molecule has 1 fully saturated rings. The molecule has 20 heavy (non-hydrogen) atoms. The quantitative estimate of drug-likeness (QED) is 0.918. The molecule has 0 aromatic carbocycles. The Labute approximate surface area is 114 Å². The van der Waals surface area contributed by atoms with Crippen molar-refractivity contribution in [3.63, 3.8) is 0 Å². The molecule has 0 saturated heterocycles. The van der Waals surface area contributed by atoms with E-state index in [9.17, 15) is 18.0 Å². The Bertz CT molecular complexity index is 470. The molecule has 2 rings (SSSR count). The number of pyridine rings is 1. The maximum atomic E-state index is 12.5. The number of nitrogens with zero attached hydrogens (tertiary/aromatic N) is 1. The number of carboxylic acids is 1. The summed E-state index contributed by atoms with van der Waals surface area (Å²) in [4.78, 5) is 14.3. The van der Waals surface area contributed by atoms with E-state index in [0.29, 0.717) is 5.56 Å². The predicted molar refractivity (Wildman–Crippen MR) is 66.2 cm³/mol. The van der Waals surface area contributed by atoms with Gasteiger partial charge in [-0.1, -0.05) is 18.9 Å². The highest BCUT2D eigenvalue weighted by Gasteiger charge is 2.33. The average molecular weight is 287 g/mol. The van der Waals surface area contributed by atoms with Gasteiger partial charge in [0.25, 0.3) is 0 Å². The molecule has 1 N–H and O–H groups in total. The van der Waals surface area contributed by atoms with Crippen LogP contribution in [-0.4, -0.2) is 16.1 Å². The minimum absolute atomic E-state index is 0.00497. The minimum Gasteiger partial charge on any atom is -0.481 e. The zero-order valence-electron chi connectivity index (χ0n) is 10.9. The Hall–Kier alpha value is -1.59. The second-order valence-electron chi connectivity index (χ2n) is 5.22. The summed E-state index contributed by atoms with van der Waals surface area (Å²) in [5, 5.41) is 8.92. The number of rotatable bonds is 3. The van der Waals surface area contributed by atoms with E-state index >= 15 is 0 Å². The van der Waals surface area contributed by atoms with E-state index in [1.54, 1.807) is 0 Å². The average Bonchev–Trinajstić information content (AvgIpc) is 2.38. The van der Waals surface area contributed by atoms with Crippen LogP contribution in [0.15, 0.2) is 18.3 Å². The van der Waals surface area contributed by atoms with Crippen molar-refractivity contribution in [2.75, 3.05) is 0 Å². The lowest BCUT2D eigenvalue weighted by molar-refractivity contribution is -0.141. The molecule has 0 spiro atoms. The van der Waals surface area contributed by atoms with Crippen LogP contribution in [-0.2, 0) is 11.0 Å². The molecule has 1 aliphatic rings. The van der Waals surface area contributed by atoms with Gasteiger partial charge in [-0.05, 0) is 36.3 Å². The highest BCUT2D eigenvalue weighted by atomic mass is 19.4. The molecule has 0 amide bonds. The van der Waals surface area contributed by atoms with Gasteiger partial charge in [-0.2, -0.15) is 13.2 Å². The molecule has 1 aromatic rings. The number of halogens is 3. The van der Waals surface area contributed by atoms with Crippen LogP contribution in [0.3, 0.4) is 0 Å². The largest absolute Gasteiger partial charge is 0.481 e. The van der Waals surface area contributed by atoms with E-state index in [2.05, 4.69) is 4.98 Å². The van der Waals surface area contributed by atoms with Crippen molar-refractivity contribution < 1.29 is 23.1 Å². The molecule has 0 radical (unpaired) electrons. The van der Waals surface area contributed by atoms with Crippen molar-refractivity contribution in [3.05, 3.63) is 29.6 Å². The van der Waals surface area contributed by atoms with Gasteiger partial charge < -0.3 is 5.11 Å². The van der Waals surface area contributed by atoms with Gasteiger partial charge >= 0.3 is 12.1 Å². The van der Waals surface area contributed by atoms with Gasteiger partial charge in [0.2, 0.25) is 0 Å². The van der Waals surface area contributed by atoms with Crippen molar-refractivity contribution in [2.45, 2.75) is 44.2 Å². The number of alkyl halides is 3. The Kier molecular flexibility index (Phi) is 4.30. The molecule has 2 atom stereocenters. The number of aromatic nitrogens is 1. The minimum atomic E-state index is -4.44. The summed E-state index contributed by atoms with van der Waals surface area (Å²) in [6.07, 6.45) is 0.429. The van der Waals surface area contributed by atoms with Crippen molar-refractivity contribution in [1.29, 1.82) is 0 Å². The van der Waals surface area contributed by atoms with E-state index < -0.39 is 17.8 Å². The summed E-state index contributed by atoms with van der Waals surface area (Å²) in [7, 11) is 0. The predicted octanol–water partition coefficient (Wildman–Crippen LogP) is 3.85. The smallest absolute Gasteiger partial charge is 0.433 e. The van der Waals surface area contributed by atoms with Crippen LogP contribution < -0.4 is 0 Å². The molecule has 1 saturated carbocycles. The van der Waals surface area contributed by atoms with Crippen LogP contribution in [0.1, 0.15) is 49.3 Å². The van der Waals surface area contributed by atoms with Gasteiger partial charge in [0.05, 0.1) is 0 Å². The van der Waals surface area contributed by atoms with Crippen molar-refractivity contribution >= 4 is 5.97 Å². The van der Waals surface area contributed by atoms with E-state index in [-0.39, 0.29) is 18.3 Å². The first-order valence-electron chi connectivity index (χ1n) is 6.63. The maximum absolute atomic E-state index is 12.5. The van der Waals surface area contributed by atoms with Crippen LogP contribution in [0, 0.1) is 5.92 Å². The van der Waals surface area contributed by atoms with Crippen molar-refractivity contribution in [1.82, 2.24) is 4.98 Å². The number of hydrogen-bond donors (Lipinski definition) is 1. The van der Waals surface area contributed by atoms with Gasteiger partial charge in [0, 0.05) is 12.6 Å². The van der Waals surface area contributed by atoms with Crippen LogP contribution in [0.4, 0.5) is 13.2 Å². The van der Waals surface area contributed by atoms with Crippen LogP contribution in [0.2, 0.25) is 0 Å². The standard InChI is InChI=1S/C14H16F3NO2/c15-14(16,17)12-6-5-10(8-18-12)11-4-2-1-3-9(11)7-13(19)20/h5-6,8-9,11H,1-4,7H2,(H,19,20)/t9-,11?/m1/s1. The summed E-state index contributed by atoms with van der Waals surface area (Å²) < 4.78 is 37.4. The fraction of sp³-hybridized carbons (Fsp3) is 0.571. The van der Waals surface area contributed by atoms with Crippen LogP contribution in [0.25, 0.3) is 0 Å². The third-order valence-electron chi connectivity index (χ3n) is 3.85. The first kappa shape index (κ1) is 14.8. The third kappa shape index (κ3) is 3.49. The molecule has 3 nitrogen and oxygen atoms in total. The molecule has 1 aromatic heterocycles. The fourth-order valence-corrected chi connectivity index (χ4v) is 2.91. The Morgan fingerprint density at radius 2 is 2.00 bits per heavy atom. The van der Waals surface area contributed by atoms with Crippen LogP contribution >= 0.6 is 0 Å². The highest BCUT2D eigenvalue weighted by molar-refractivity contribution is 5.67. The second kappa shape index (κ2) is 5.81. The Morgan fingerprint density at radius 1 is 1.30 bits per heavy atom. The molecule has 1 heterocycles. The first-order chi connectivity index (χ1) is 9.38. The number of carboxylic acid groups (broad SMARTS) is 1. The fourth-order valence-electron chi connectivity index (χ4n) is 2.91. The first-order valence-corrected chi connectivity index (χ1v) is 6.63. The van der Waals surface area contributed by atoms with Crippen LogP contribution in [0.5, 0.6) is 0 Å². The molecular weight excluding hydrogens is 271 g/mol. The number of carbonyl (C=O) groups is 1. The summed E-state index contributed by atoms with van der Waals surface area (Å²) in [5.74, 6) is -0.879. The van der Waals surface area contributed by atoms with E-state index in [1.165, 1.54) is 12.3 Å². The highest BCUT2D eigenvalue weighted by Crippen LogP contribution is 2.40. The molecule has 0 bridgehead atoms. The van der Waals surface area contributed by atoms with Gasteiger partial charge in [-0.15, -0.1) is 0 Å². The molecular formula is C14H16F3NO2. The summed E-state index contributed by atoms with van der Waals surface area (Å²) in [6.45, 7) is 0. The zero-order valence-corrected chi connectivity index (χ0v) is 10.9. The Balaban J connectivity index is 2.17. The second-order valence-corrected chi connectivity index (χ2v) is 5.22. The molecule has 1 unspecified atom stereocenters. The lowest BCUT2D eigenvalue weighted by atomic mass is 9.74. The summed E-state index contributed by atoms with van der Waals surface area (Å²) in [5.41, 5.74) is -0.198. The molecule has 1 aliphatic carbocycles. The van der Waals surface area contributed by atoms with E-state index in [0.717, 1.165) is 31.7 Å². The number of aliphatic carboxylic acids is 1. The molecule has 0 aliphatic heterocycles. The molecule has 6 heteroatoms. The Morgan fingerprint density at radius 3 is 2.55 bits per heavy atom. The van der Waals surface area contributed by atoms with Gasteiger partial charge in [-0.25, -0.2) is 0 Å². The lowest BCUT2D eigenvalue weighted by Gasteiger charge is -2.30. The summed E-state index contributed by atoms with van der Waals surface area (Å²) in [6, 6.07) is 2.41. The van der Waals surface area contributed by atoms with Crippen molar-refractivity contribution in [2.24, 2.45) is 5.92 Å². The monoisotopic (exact) mass is 287 g/mol. The van der Waals surface area contributed by atoms with Gasteiger partial charge in [0.15, 0.2) is 0 Å². The molecule has 110 valence electrons. The lowest BCUT2D eigenvalue weighted by Crippen LogP contribution is -2.21. The summed E-state index contributed by atoms with van der Waals surface area (Å²) >= 11 is 0. The number of hydrogen-bond acceptors (Lipinski definition) is 2. The van der Waals surface area contributed by atoms with Gasteiger partial charge in [0.1, 0.15) is 5.69 Å². The van der Waals surface area contributed by atoms with Crippen molar-refractivity contribution in [3.8, 4) is 0 Å². The topological polar surface area (TPSA) is 50.2 Å². The normalized spacial score (nSPS) is 23.6. The third-order valence-corrected chi connectivity index (χ3v) is 3.85. The van der Waals surface area contributed by atoms with Gasteiger partial charge in [-0.3, -0.25) is 9.78 Å².